The number of hydrogen-bond acceptors (Lipinski definition) is 5. The van der Waals surface area contributed by atoms with Crippen LogP contribution in [0, 0.1) is 5.92 Å². The van der Waals surface area contributed by atoms with E-state index < -0.39 is 0 Å². The molecular formula is C18H28N4O3. The van der Waals surface area contributed by atoms with Gasteiger partial charge < -0.3 is 20.3 Å². The van der Waals surface area contributed by atoms with Crippen LogP contribution in [0.5, 0.6) is 0 Å². The van der Waals surface area contributed by atoms with Crippen LogP contribution in [0.25, 0.3) is 0 Å². The third kappa shape index (κ3) is 5.92. The first-order chi connectivity index (χ1) is 12.0. The number of piperidine rings is 1. The molecule has 0 bridgehead atoms. The normalized spacial score (nSPS) is 15.1. The fraction of sp³-hybridized carbons (Fsp3) is 0.611. The number of rotatable bonds is 6. The van der Waals surface area contributed by atoms with Crippen LogP contribution in [0.2, 0.25) is 0 Å². The number of hydrogen-bond donors (Lipinski definition) is 2. The molecule has 2 amide bonds. The lowest BCUT2D eigenvalue weighted by atomic mass is 10.1. The zero-order chi connectivity index (χ0) is 18.2. The van der Waals surface area contributed by atoms with Crippen LogP contribution < -0.4 is 10.6 Å². The summed E-state index contributed by atoms with van der Waals surface area (Å²) < 4.78 is 5.03. The molecule has 0 unspecified atom stereocenters. The van der Waals surface area contributed by atoms with E-state index in [-0.39, 0.29) is 18.0 Å². The Morgan fingerprint density at radius 2 is 2.08 bits per heavy atom. The molecule has 25 heavy (non-hydrogen) atoms. The van der Waals surface area contributed by atoms with Gasteiger partial charge in [-0.2, -0.15) is 0 Å². The number of ether oxygens (including phenoxy) is 1. The summed E-state index contributed by atoms with van der Waals surface area (Å²) in [6, 6.07) is 3.71. The Hall–Kier alpha value is -2.31. The van der Waals surface area contributed by atoms with Crippen LogP contribution in [0.1, 0.15) is 44.0 Å². The number of aromatic nitrogens is 1. The van der Waals surface area contributed by atoms with E-state index in [1.54, 1.807) is 23.2 Å². The molecule has 0 spiro atoms. The van der Waals surface area contributed by atoms with Gasteiger partial charge in [0.05, 0.1) is 6.61 Å². The van der Waals surface area contributed by atoms with Gasteiger partial charge in [0.2, 0.25) is 0 Å². The van der Waals surface area contributed by atoms with E-state index in [4.69, 9.17) is 4.74 Å². The van der Waals surface area contributed by atoms with Crippen molar-refractivity contribution in [2.24, 2.45) is 5.92 Å². The number of carbonyl (C=O) groups is 2. The Labute approximate surface area is 149 Å². The maximum absolute atomic E-state index is 12.1. The lowest BCUT2D eigenvalue weighted by Gasteiger charge is -2.31. The molecule has 1 aromatic rings. The average molecular weight is 348 g/mol. The maximum Gasteiger partial charge on any atom is 0.409 e. The molecule has 7 nitrogen and oxygen atoms in total. The van der Waals surface area contributed by atoms with Crippen molar-refractivity contribution in [3.05, 3.63) is 23.9 Å². The Kier molecular flexibility index (Phi) is 7.03. The van der Waals surface area contributed by atoms with Crippen molar-refractivity contribution in [1.29, 1.82) is 0 Å². The highest BCUT2D eigenvalue weighted by molar-refractivity contribution is 5.94. The minimum absolute atomic E-state index is 0.0868. The van der Waals surface area contributed by atoms with Crippen molar-refractivity contribution in [2.45, 2.75) is 39.7 Å². The molecule has 1 fully saturated rings. The van der Waals surface area contributed by atoms with Crippen LogP contribution in [0.4, 0.5) is 10.6 Å². The number of pyridine rings is 1. The number of nitrogens with one attached hydrogen (secondary N) is 2. The Morgan fingerprint density at radius 3 is 2.72 bits per heavy atom. The third-order valence-electron chi connectivity index (χ3n) is 4.07. The van der Waals surface area contributed by atoms with Crippen LogP contribution in [-0.4, -0.2) is 54.2 Å². The fourth-order valence-electron chi connectivity index (χ4n) is 2.68. The Bertz CT molecular complexity index is 583. The van der Waals surface area contributed by atoms with Gasteiger partial charge in [-0.3, -0.25) is 4.79 Å². The first kappa shape index (κ1) is 19.0. The molecule has 1 aromatic heterocycles. The lowest BCUT2D eigenvalue weighted by molar-refractivity contribution is 0.0946. The van der Waals surface area contributed by atoms with Crippen molar-refractivity contribution in [1.82, 2.24) is 15.2 Å². The molecule has 0 aliphatic carbocycles. The van der Waals surface area contributed by atoms with Gasteiger partial charge in [0.15, 0.2) is 0 Å². The highest BCUT2D eigenvalue weighted by Gasteiger charge is 2.23. The molecule has 0 saturated carbocycles. The smallest absolute Gasteiger partial charge is 0.409 e. The van der Waals surface area contributed by atoms with E-state index in [9.17, 15) is 9.59 Å². The largest absolute Gasteiger partial charge is 0.450 e. The van der Waals surface area contributed by atoms with Crippen molar-refractivity contribution >= 4 is 17.8 Å². The summed E-state index contributed by atoms with van der Waals surface area (Å²) in [7, 11) is 0. The maximum atomic E-state index is 12.1. The van der Waals surface area contributed by atoms with Crippen LogP contribution >= 0.6 is 0 Å². The molecule has 0 aromatic carbocycles. The van der Waals surface area contributed by atoms with E-state index in [1.165, 1.54) is 0 Å². The summed E-state index contributed by atoms with van der Waals surface area (Å²) >= 11 is 0. The topological polar surface area (TPSA) is 83.6 Å². The molecule has 1 aliphatic rings. The summed E-state index contributed by atoms with van der Waals surface area (Å²) in [6.45, 7) is 8.28. The van der Waals surface area contributed by atoms with E-state index in [1.807, 2.05) is 6.92 Å². The van der Waals surface area contributed by atoms with Gasteiger partial charge in [-0.15, -0.1) is 0 Å². The van der Waals surface area contributed by atoms with Crippen molar-refractivity contribution in [2.75, 3.05) is 31.6 Å². The van der Waals surface area contributed by atoms with E-state index in [0.29, 0.717) is 43.5 Å². The molecule has 1 aliphatic heterocycles. The molecule has 2 heterocycles. The van der Waals surface area contributed by atoms with Crippen LogP contribution in [-0.2, 0) is 4.74 Å². The summed E-state index contributed by atoms with van der Waals surface area (Å²) in [5.41, 5.74) is 0.599. The average Bonchev–Trinajstić information content (AvgIpc) is 2.60. The molecule has 0 atom stereocenters. The summed E-state index contributed by atoms with van der Waals surface area (Å²) in [4.78, 5) is 29.9. The van der Waals surface area contributed by atoms with Gasteiger partial charge in [0.25, 0.3) is 5.91 Å². The SMILES string of the molecule is CCOC(=O)N1CCC(Nc2cc(C(=O)NCC(C)C)ccn2)CC1. The lowest BCUT2D eigenvalue weighted by Crippen LogP contribution is -2.42. The predicted molar refractivity (Wildman–Crippen MR) is 96.6 cm³/mol. The van der Waals surface area contributed by atoms with Crippen molar-refractivity contribution in [3.8, 4) is 0 Å². The monoisotopic (exact) mass is 348 g/mol. The first-order valence-electron chi connectivity index (χ1n) is 8.92. The molecule has 7 heteroatoms. The van der Waals surface area contributed by atoms with Crippen LogP contribution in [0.3, 0.4) is 0 Å². The van der Waals surface area contributed by atoms with Gasteiger partial charge in [0.1, 0.15) is 5.82 Å². The molecule has 2 rings (SSSR count). The summed E-state index contributed by atoms with van der Waals surface area (Å²) in [5.74, 6) is 1.01. The minimum Gasteiger partial charge on any atom is -0.450 e. The molecule has 1 saturated heterocycles. The molecule has 138 valence electrons. The number of nitrogens with zero attached hydrogens (tertiary/aromatic N) is 2. The first-order valence-corrected chi connectivity index (χ1v) is 8.92. The van der Waals surface area contributed by atoms with Gasteiger partial charge in [0, 0.05) is 37.4 Å². The molecule has 0 radical (unpaired) electrons. The predicted octanol–water partition coefficient (Wildman–Crippen LogP) is 2.50. The summed E-state index contributed by atoms with van der Waals surface area (Å²) in [5, 5.41) is 6.27. The quantitative estimate of drug-likeness (QED) is 0.825. The van der Waals surface area contributed by atoms with Crippen molar-refractivity contribution in [3.63, 3.8) is 0 Å². The number of anilines is 1. The van der Waals surface area contributed by atoms with E-state index in [0.717, 1.165) is 12.8 Å². The second-order valence-corrected chi connectivity index (χ2v) is 6.64. The van der Waals surface area contributed by atoms with Gasteiger partial charge >= 0.3 is 6.09 Å². The van der Waals surface area contributed by atoms with Gasteiger partial charge in [-0.05, 0) is 37.8 Å². The van der Waals surface area contributed by atoms with Crippen molar-refractivity contribution < 1.29 is 14.3 Å². The van der Waals surface area contributed by atoms with Gasteiger partial charge in [-0.1, -0.05) is 13.8 Å². The fourth-order valence-corrected chi connectivity index (χ4v) is 2.68. The van der Waals surface area contributed by atoms with E-state index in [2.05, 4.69) is 29.5 Å². The summed E-state index contributed by atoms with van der Waals surface area (Å²) in [6.07, 6.45) is 3.04. The Balaban J connectivity index is 1.86. The zero-order valence-electron chi connectivity index (χ0n) is 15.2. The zero-order valence-corrected chi connectivity index (χ0v) is 15.2. The standard InChI is InChI=1S/C18H28N4O3/c1-4-25-18(24)22-9-6-15(7-10-22)21-16-11-14(5-8-19-16)17(23)20-12-13(2)3/h5,8,11,13,15H,4,6-7,9-10,12H2,1-3H3,(H,19,21)(H,20,23). The Morgan fingerprint density at radius 1 is 1.36 bits per heavy atom. The number of amides is 2. The number of carbonyl (C=O) groups excluding carboxylic acids is 2. The van der Waals surface area contributed by atoms with Crippen LogP contribution in [0.15, 0.2) is 18.3 Å². The highest BCUT2D eigenvalue weighted by atomic mass is 16.6. The molecule has 2 N–H and O–H groups in total. The second kappa shape index (κ2) is 9.25. The highest BCUT2D eigenvalue weighted by Crippen LogP contribution is 2.16. The third-order valence-corrected chi connectivity index (χ3v) is 4.07. The van der Waals surface area contributed by atoms with E-state index >= 15 is 0 Å². The molecular weight excluding hydrogens is 320 g/mol. The van der Waals surface area contributed by atoms with Gasteiger partial charge in [-0.25, -0.2) is 9.78 Å². The minimum atomic E-state index is -0.247. The second-order valence-electron chi connectivity index (χ2n) is 6.64. The number of likely N-dealkylation sites (tertiary alicyclic amines) is 1.